The second kappa shape index (κ2) is 10.1. The molecule has 0 radical (unpaired) electrons. The van der Waals surface area contributed by atoms with E-state index >= 15 is 0 Å². The van der Waals surface area contributed by atoms with E-state index < -0.39 is 5.92 Å². The second-order valence-electron chi connectivity index (χ2n) is 7.91. The maximum absolute atomic E-state index is 12.6. The fourth-order valence-corrected chi connectivity index (χ4v) is 4.02. The first-order chi connectivity index (χ1) is 15.9. The summed E-state index contributed by atoms with van der Waals surface area (Å²) >= 11 is 12.1. The lowest BCUT2D eigenvalue weighted by Gasteiger charge is -2.17. The number of halogens is 2. The van der Waals surface area contributed by atoms with Crippen LogP contribution >= 0.6 is 23.2 Å². The number of hydrogen-bond acceptors (Lipinski definition) is 4. The van der Waals surface area contributed by atoms with Crippen LogP contribution in [0.4, 0.5) is 11.4 Å². The van der Waals surface area contributed by atoms with Gasteiger partial charge in [0.25, 0.3) is 0 Å². The van der Waals surface area contributed by atoms with E-state index in [2.05, 4.69) is 10.9 Å². The first kappa shape index (κ1) is 23.0. The molecule has 4 rings (SSSR count). The molecule has 0 aliphatic carbocycles. The van der Waals surface area contributed by atoms with E-state index in [4.69, 9.17) is 27.9 Å². The van der Waals surface area contributed by atoms with Crippen molar-refractivity contribution in [1.82, 2.24) is 5.43 Å². The zero-order valence-electron chi connectivity index (χ0n) is 18.0. The third-order valence-electron chi connectivity index (χ3n) is 5.41. The minimum atomic E-state index is -0.433. The summed E-state index contributed by atoms with van der Waals surface area (Å²) in [5, 5.41) is 1.10. The Morgan fingerprint density at radius 2 is 1.88 bits per heavy atom. The number of nitrogens with zero attached hydrogens (tertiary/aromatic N) is 1. The zero-order chi connectivity index (χ0) is 23.4. The largest absolute Gasteiger partial charge is 0.489 e. The molecule has 0 spiro atoms. The molecule has 1 aliphatic heterocycles. The first-order valence-corrected chi connectivity index (χ1v) is 11.2. The van der Waals surface area contributed by atoms with E-state index in [1.165, 1.54) is 0 Å². The highest BCUT2D eigenvalue weighted by Crippen LogP contribution is 2.26. The number of benzene rings is 3. The molecule has 2 N–H and O–H groups in total. The number of nitrogens with one attached hydrogen (secondary N) is 2. The van der Waals surface area contributed by atoms with Gasteiger partial charge in [-0.05, 0) is 43.3 Å². The van der Waals surface area contributed by atoms with Crippen LogP contribution in [0.1, 0.15) is 17.5 Å². The molecule has 0 unspecified atom stereocenters. The zero-order valence-corrected chi connectivity index (χ0v) is 19.5. The summed E-state index contributed by atoms with van der Waals surface area (Å²) in [6.45, 7) is 2.62. The van der Waals surface area contributed by atoms with Gasteiger partial charge in [0.2, 0.25) is 11.8 Å². The molecule has 1 fully saturated rings. The molecular formula is C25H23Cl2N3O3. The van der Waals surface area contributed by atoms with Crippen molar-refractivity contribution in [3.63, 3.8) is 0 Å². The van der Waals surface area contributed by atoms with Crippen molar-refractivity contribution in [2.24, 2.45) is 5.92 Å². The van der Waals surface area contributed by atoms with Crippen LogP contribution in [0.2, 0.25) is 10.0 Å². The monoisotopic (exact) mass is 483 g/mol. The lowest BCUT2D eigenvalue weighted by atomic mass is 10.1. The normalized spacial score (nSPS) is 15.4. The summed E-state index contributed by atoms with van der Waals surface area (Å²) in [6.07, 6.45) is 0.173. The van der Waals surface area contributed by atoms with Crippen LogP contribution in [0, 0.1) is 12.8 Å². The lowest BCUT2D eigenvalue weighted by molar-refractivity contribution is -0.125. The van der Waals surface area contributed by atoms with E-state index in [9.17, 15) is 9.59 Å². The van der Waals surface area contributed by atoms with Crippen LogP contribution in [-0.2, 0) is 16.2 Å². The predicted octanol–water partition coefficient (Wildman–Crippen LogP) is 5.38. The van der Waals surface area contributed by atoms with Crippen molar-refractivity contribution >= 4 is 46.4 Å². The number of rotatable bonds is 7. The molecule has 6 nitrogen and oxygen atoms in total. The number of aryl methyl sites for hydroxylation is 1. The maximum atomic E-state index is 12.6. The van der Waals surface area contributed by atoms with Crippen LogP contribution in [0.25, 0.3) is 0 Å². The van der Waals surface area contributed by atoms with Crippen molar-refractivity contribution in [3.05, 3.63) is 87.9 Å². The minimum absolute atomic E-state index is 0.0599. The number of amides is 2. The van der Waals surface area contributed by atoms with Gasteiger partial charge in [-0.25, -0.2) is 0 Å². The van der Waals surface area contributed by atoms with Crippen LogP contribution in [-0.4, -0.2) is 18.4 Å². The number of ether oxygens (including phenoxy) is 1. The Morgan fingerprint density at radius 3 is 2.64 bits per heavy atom. The van der Waals surface area contributed by atoms with E-state index in [1.807, 2.05) is 49.4 Å². The molecule has 1 heterocycles. The van der Waals surface area contributed by atoms with Gasteiger partial charge in [0.1, 0.15) is 12.4 Å². The van der Waals surface area contributed by atoms with Gasteiger partial charge in [0, 0.05) is 40.3 Å². The number of hydrogen-bond donors (Lipinski definition) is 2. The topological polar surface area (TPSA) is 70.7 Å². The molecule has 2 amide bonds. The number of anilines is 2. The highest BCUT2D eigenvalue weighted by Gasteiger charge is 2.35. The van der Waals surface area contributed by atoms with E-state index in [0.717, 1.165) is 16.8 Å². The van der Waals surface area contributed by atoms with Crippen molar-refractivity contribution < 1.29 is 14.3 Å². The molecule has 3 aromatic rings. The third-order valence-corrected chi connectivity index (χ3v) is 6.00. The minimum Gasteiger partial charge on any atom is -0.489 e. The molecule has 0 bridgehead atoms. The smallest absolute Gasteiger partial charge is 0.243 e. The molecule has 1 atom stereocenters. The fraction of sp³-hybridized carbons (Fsp3) is 0.200. The summed E-state index contributed by atoms with van der Waals surface area (Å²) in [4.78, 5) is 26.7. The molecule has 33 heavy (non-hydrogen) atoms. The average molecular weight is 484 g/mol. The van der Waals surface area contributed by atoms with E-state index in [-0.39, 0.29) is 24.8 Å². The predicted molar refractivity (Wildman–Crippen MR) is 131 cm³/mol. The van der Waals surface area contributed by atoms with Gasteiger partial charge >= 0.3 is 0 Å². The summed E-state index contributed by atoms with van der Waals surface area (Å²) in [7, 11) is 0. The molecule has 8 heteroatoms. The summed E-state index contributed by atoms with van der Waals surface area (Å²) in [6, 6.07) is 20.1. The van der Waals surface area contributed by atoms with Crippen molar-refractivity contribution in [1.29, 1.82) is 0 Å². The quantitative estimate of drug-likeness (QED) is 0.442. The van der Waals surface area contributed by atoms with Crippen molar-refractivity contribution in [2.45, 2.75) is 20.0 Å². The molecule has 170 valence electrons. The highest BCUT2D eigenvalue weighted by molar-refractivity contribution is 6.35. The van der Waals surface area contributed by atoms with Crippen LogP contribution in [0.3, 0.4) is 0 Å². The Labute approximate surface area is 202 Å². The van der Waals surface area contributed by atoms with Crippen molar-refractivity contribution in [3.8, 4) is 5.75 Å². The van der Waals surface area contributed by atoms with Crippen molar-refractivity contribution in [2.75, 3.05) is 16.9 Å². The maximum Gasteiger partial charge on any atom is 0.243 e. The Hall–Kier alpha value is -3.22. The third kappa shape index (κ3) is 5.78. The fourth-order valence-electron chi connectivity index (χ4n) is 3.56. The molecule has 1 saturated heterocycles. The Morgan fingerprint density at radius 1 is 1.09 bits per heavy atom. The average Bonchev–Trinajstić information content (AvgIpc) is 3.19. The summed E-state index contributed by atoms with van der Waals surface area (Å²) < 4.78 is 5.81. The molecule has 3 aromatic carbocycles. The van der Waals surface area contributed by atoms with Crippen LogP contribution in [0.5, 0.6) is 5.75 Å². The van der Waals surface area contributed by atoms with Gasteiger partial charge in [0.05, 0.1) is 11.6 Å². The molecule has 0 saturated carbocycles. The molecular weight excluding hydrogens is 461 g/mol. The van der Waals surface area contributed by atoms with E-state index in [0.29, 0.717) is 28.0 Å². The molecule has 0 aromatic heterocycles. The van der Waals surface area contributed by atoms with Crippen LogP contribution < -0.4 is 20.5 Å². The standard InChI is InChI=1S/C25H23Cl2N3O3/c1-16-5-9-21(10-6-16)30-14-18(11-24(30)31)25(32)29-28-20-3-2-4-22(13-20)33-15-17-7-8-19(26)12-23(17)27/h2-10,12-13,18,28H,11,14-15H2,1H3,(H,29,32)/t18-/m1/s1. The number of carbonyl (C=O) groups excluding carboxylic acids is 2. The molecule has 1 aliphatic rings. The lowest BCUT2D eigenvalue weighted by Crippen LogP contribution is -2.36. The summed E-state index contributed by atoms with van der Waals surface area (Å²) in [5.74, 6) is -0.118. The number of carbonyl (C=O) groups is 2. The van der Waals surface area contributed by atoms with Gasteiger partial charge in [-0.3, -0.25) is 20.4 Å². The SMILES string of the molecule is Cc1ccc(N2C[C@H](C(=O)NNc3cccc(OCc4ccc(Cl)cc4Cl)c3)CC2=O)cc1. The van der Waals surface area contributed by atoms with Gasteiger partial charge < -0.3 is 9.64 Å². The first-order valence-electron chi connectivity index (χ1n) is 10.5. The van der Waals surface area contributed by atoms with Gasteiger partial charge in [0.15, 0.2) is 0 Å². The van der Waals surface area contributed by atoms with Gasteiger partial charge in [-0.2, -0.15) is 0 Å². The Balaban J connectivity index is 1.31. The van der Waals surface area contributed by atoms with Crippen LogP contribution in [0.15, 0.2) is 66.7 Å². The summed E-state index contributed by atoms with van der Waals surface area (Å²) in [5.41, 5.74) is 9.00. The second-order valence-corrected chi connectivity index (χ2v) is 8.75. The van der Waals surface area contributed by atoms with E-state index in [1.54, 1.807) is 29.2 Å². The highest BCUT2D eigenvalue weighted by atomic mass is 35.5. The Bertz CT molecular complexity index is 1170. The Kier molecular flexibility index (Phi) is 7.06. The van der Waals surface area contributed by atoms with Gasteiger partial charge in [-0.1, -0.05) is 53.0 Å². The number of hydrazine groups is 1. The van der Waals surface area contributed by atoms with Gasteiger partial charge in [-0.15, -0.1) is 0 Å².